The Labute approximate surface area is 242 Å². The number of nitrogens with zero attached hydrogens (tertiary/aromatic N) is 4. The quantitative estimate of drug-likeness (QED) is 0.290. The maximum absolute atomic E-state index is 15.0. The number of nitrogens with one attached hydrogen (secondary N) is 2. The van der Waals surface area contributed by atoms with Gasteiger partial charge in [0.15, 0.2) is 0 Å². The van der Waals surface area contributed by atoms with Crippen LogP contribution in [-0.4, -0.2) is 53.0 Å². The summed E-state index contributed by atoms with van der Waals surface area (Å²) in [5, 5.41) is 7.45. The predicted molar refractivity (Wildman–Crippen MR) is 158 cm³/mol. The number of carbonyl (C=O) groups excluding carboxylic acids is 1. The molecule has 1 fully saturated rings. The molecule has 3 aromatic carbocycles. The maximum Gasteiger partial charge on any atom is 0.253 e. The van der Waals surface area contributed by atoms with Crippen molar-refractivity contribution in [3.8, 4) is 11.3 Å². The number of hydrogen-bond donors (Lipinski definition) is 2. The van der Waals surface area contributed by atoms with Crippen LogP contribution in [-0.2, 0) is 6.42 Å². The van der Waals surface area contributed by atoms with Gasteiger partial charge in [0.1, 0.15) is 5.82 Å². The third-order valence-electron chi connectivity index (χ3n) is 7.23. The van der Waals surface area contributed by atoms with Gasteiger partial charge in [0.25, 0.3) is 5.91 Å². The number of piperazine rings is 1. The number of para-hydroxylation sites is 1. The molecule has 1 unspecified atom stereocenters. The number of halogens is 3. The van der Waals surface area contributed by atoms with Crippen molar-refractivity contribution < 1.29 is 9.18 Å². The molecule has 0 bridgehead atoms. The molecule has 0 saturated carbocycles. The fourth-order valence-electron chi connectivity index (χ4n) is 5.27. The standard InChI is InChI=1S/C30H27Cl2FN6O/c1-18-17-38(14-12-34-18)29(40)19-5-8-22(9-6-19)36-30-35-16-20-11-13-39(28-24(32)3-2-4-25(28)33)26-15-21(31)7-10-23(26)27(20)37-30/h2-10,15-16,18,34H,11-14,17H2,1H3,(H,35,36,37). The molecule has 1 atom stereocenters. The van der Waals surface area contributed by atoms with E-state index in [1.165, 1.54) is 6.07 Å². The van der Waals surface area contributed by atoms with Crippen LogP contribution < -0.4 is 15.5 Å². The fraction of sp³-hybridized carbons (Fsp3) is 0.233. The Morgan fingerprint density at radius 2 is 1.93 bits per heavy atom. The molecule has 6 rings (SSSR count). The summed E-state index contributed by atoms with van der Waals surface area (Å²) in [6.07, 6.45) is 2.37. The van der Waals surface area contributed by atoms with Gasteiger partial charge >= 0.3 is 0 Å². The van der Waals surface area contributed by atoms with E-state index < -0.39 is 5.82 Å². The highest BCUT2D eigenvalue weighted by molar-refractivity contribution is 6.33. The zero-order chi connectivity index (χ0) is 27.8. The van der Waals surface area contributed by atoms with Crippen molar-refractivity contribution in [1.82, 2.24) is 20.2 Å². The minimum atomic E-state index is -0.411. The Hall–Kier alpha value is -3.72. The van der Waals surface area contributed by atoms with Gasteiger partial charge in [-0.15, -0.1) is 0 Å². The third kappa shape index (κ3) is 5.22. The fourth-order valence-corrected chi connectivity index (χ4v) is 5.70. The molecular formula is C30H27Cl2FN6O. The predicted octanol–water partition coefficient (Wildman–Crippen LogP) is 6.46. The second kappa shape index (κ2) is 11.0. The van der Waals surface area contributed by atoms with Crippen LogP contribution in [0.5, 0.6) is 0 Å². The molecule has 0 radical (unpaired) electrons. The molecular weight excluding hydrogens is 550 g/mol. The number of fused-ring (bicyclic) bond motifs is 3. The van der Waals surface area contributed by atoms with Crippen molar-refractivity contribution >= 4 is 52.1 Å². The summed E-state index contributed by atoms with van der Waals surface area (Å²) in [7, 11) is 0. The summed E-state index contributed by atoms with van der Waals surface area (Å²) < 4.78 is 15.0. The summed E-state index contributed by atoms with van der Waals surface area (Å²) in [4.78, 5) is 26.0. The van der Waals surface area contributed by atoms with E-state index in [4.69, 9.17) is 28.2 Å². The van der Waals surface area contributed by atoms with E-state index in [1.54, 1.807) is 30.5 Å². The Kier molecular flexibility index (Phi) is 7.31. The van der Waals surface area contributed by atoms with E-state index in [0.29, 0.717) is 59.0 Å². The summed E-state index contributed by atoms with van der Waals surface area (Å²) in [6, 6.07) is 17.7. The first kappa shape index (κ1) is 26.5. The van der Waals surface area contributed by atoms with Crippen LogP contribution in [0.25, 0.3) is 11.3 Å². The van der Waals surface area contributed by atoms with E-state index in [1.807, 2.05) is 40.1 Å². The van der Waals surface area contributed by atoms with E-state index >= 15 is 0 Å². The lowest BCUT2D eigenvalue weighted by atomic mass is 10.0. The molecule has 1 amide bonds. The van der Waals surface area contributed by atoms with E-state index in [-0.39, 0.29) is 11.9 Å². The van der Waals surface area contributed by atoms with Gasteiger partial charge in [0.05, 0.1) is 22.1 Å². The molecule has 3 heterocycles. The summed E-state index contributed by atoms with van der Waals surface area (Å²) in [5.74, 6) is 0.0224. The SMILES string of the molecule is CC1CN(C(=O)c2ccc(Nc3ncc4c(n3)-c3ccc(Cl)cc3N(c3c(F)cccc3Cl)CC4)cc2)CCN1. The average molecular weight is 577 g/mol. The van der Waals surface area contributed by atoms with E-state index in [0.717, 1.165) is 29.1 Å². The number of rotatable bonds is 4. The molecule has 2 aliphatic rings. The molecule has 4 aromatic rings. The van der Waals surface area contributed by atoms with Crippen LogP contribution in [0.3, 0.4) is 0 Å². The number of anilines is 4. The van der Waals surface area contributed by atoms with Gasteiger partial charge in [-0.25, -0.2) is 14.4 Å². The topological polar surface area (TPSA) is 73.4 Å². The van der Waals surface area contributed by atoms with Crippen LogP contribution in [0, 0.1) is 5.82 Å². The first-order chi connectivity index (χ1) is 19.4. The van der Waals surface area contributed by atoms with Gasteiger partial charge in [0, 0.05) is 60.3 Å². The monoisotopic (exact) mass is 576 g/mol. The van der Waals surface area contributed by atoms with E-state index in [2.05, 4.69) is 22.5 Å². The maximum atomic E-state index is 15.0. The molecule has 2 aliphatic heterocycles. The van der Waals surface area contributed by atoms with Crippen LogP contribution in [0.1, 0.15) is 22.8 Å². The number of aromatic nitrogens is 2. The van der Waals surface area contributed by atoms with Gasteiger partial charge in [-0.1, -0.05) is 29.3 Å². The van der Waals surface area contributed by atoms with Crippen molar-refractivity contribution in [3.63, 3.8) is 0 Å². The highest BCUT2D eigenvalue weighted by Gasteiger charge is 2.26. The lowest BCUT2D eigenvalue weighted by Gasteiger charge is -2.32. The van der Waals surface area contributed by atoms with Crippen molar-refractivity contribution in [1.29, 1.82) is 0 Å². The average Bonchev–Trinajstić information content (AvgIpc) is 3.10. The molecule has 204 valence electrons. The molecule has 7 nitrogen and oxygen atoms in total. The van der Waals surface area contributed by atoms with Crippen molar-refractivity contribution in [2.45, 2.75) is 19.4 Å². The van der Waals surface area contributed by atoms with Crippen molar-refractivity contribution in [2.75, 3.05) is 36.4 Å². The normalized spacial score (nSPS) is 16.6. The van der Waals surface area contributed by atoms with Crippen molar-refractivity contribution in [3.05, 3.63) is 93.8 Å². The molecule has 0 aliphatic carbocycles. The molecule has 0 spiro atoms. The van der Waals surface area contributed by atoms with Gasteiger partial charge in [-0.05, 0) is 73.5 Å². The third-order valence-corrected chi connectivity index (χ3v) is 7.77. The molecule has 40 heavy (non-hydrogen) atoms. The Morgan fingerprint density at radius 3 is 2.70 bits per heavy atom. The summed E-state index contributed by atoms with van der Waals surface area (Å²) >= 11 is 12.8. The van der Waals surface area contributed by atoms with Crippen LogP contribution in [0.15, 0.2) is 66.9 Å². The van der Waals surface area contributed by atoms with Crippen molar-refractivity contribution in [2.24, 2.45) is 0 Å². The summed E-state index contributed by atoms with van der Waals surface area (Å²) in [6.45, 7) is 4.72. The lowest BCUT2D eigenvalue weighted by Crippen LogP contribution is -2.51. The highest BCUT2D eigenvalue weighted by atomic mass is 35.5. The number of benzene rings is 3. The van der Waals surface area contributed by atoms with Crippen LogP contribution in [0.4, 0.5) is 27.4 Å². The Morgan fingerprint density at radius 1 is 1.10 bits per heavy atom. The van der Waals surface area contributed by atoms with Gasteiger partial charge in [0.2, 0.25) is 5.95 Å². The molecule has 1 saturated heterocycles. The Bertz CT molecular complexity index is 1560. The molecule has 10 heteroatoms. The number of hydrogen-bond acceptors (Lipinski definition) is 6. The van der Waals surface area contributed by atoms with Gasteiger partial charge < -0.3 is 20.4 Å². The lowest BCUT2D eigenvalue weighted by molar-refractivity contribution is 0.0709. The minimum absolute atomic E-state index is 0.0240. The zero-order valence-corrected chi connectivity index (χ0v) is 23.3. The molecule has 2 N–H and O–H groups in total. The first-order valence-corrected chi connectivity index (χ1v) is 13.9. The highest BCUT2D eigenvalue weighted by Crippen LogP contribution is 2.43. The van der Waals surface area contributed by atoms with E-state index in [9.17, 15) is 9.18 Å². The zero-order valence-electron chi connectivity index (χ0n) is 21.8. The van der Waals surface area contributed by atoms with Crippen LogP contribution in [0.2, 0.25) is 10.0 Å². The van der Waals surface area contributed by atoms with Gasteiger partial charge in [-0.2, -0.15) is 0 Å². The largest absolute Gasteiger partial charge is 0.337 e. The minimum Gasteiger partial charge on any atom is -0.337 e. The smallest absolute Gasteiger partial charge is 0.253 e. The number of amides is 1. The number of carbonyl (C=O) groups is 1. The Balaban J connectivity index is 1.29. The first-order valence-electron chi connectivity index (χ1n) is 13.1. The summed E-state index contributed by atoms with van der Waals surface area (Å²) in [5.41, 5.74) is 4.88. The van der Waals surface area contributed by atoms with Crippen LogP contribution >= 0.6 is 23.2 Å². The molecule has 1 aromatic heterocycles. The van der Waals surface area contributed by atoms with Gasteiger partial charge in [-0.3, -0.25) is 4.79 Å². The second-order valence-electron chi connectivity index (χ2n) is 10.0. The second-order valence-corrected chi connectivity index (χ2v) is 10.9.